The molecule has 0 radical (unpaired) electrons. The van der Waals surface area contributed by atoms with E-state index in [4.69, 9.17) is 10.5 Å². The number of nitrogens with one attached hydrogen (secondary N) is 1. The Bertz CT molecular complexity index is 680. The summed E-state index contributed by atoms with van der Waals surface area (Å²) >= 11 is 3.27. The van der Waals surface area contributed by atoms with E-state index in [1.165, 1.54) is 0 Å². The van der Waals surface area contributed by atoms with Crippen LogP contribution in [0.4, 0.5) is 20.2 Å². The van der Waals surface area contributed by atoms with Crippen LogP contribution in [0.15, 0.2) is 40.9 Å². The molecule has 2 rings (SSSR count). The van der Waals surface area contributed by atoms with Crippen molar-refractivity contribution >= 4 is 33.2 Å². The Morgan fingerprint density at radius 1 is 1.24 bits per heavy atom. The van der Waals surface area contributed by atoms with Gasteiger partial charge in [0.05, 0.1) is 11.4 Å². The number of ether oxygens (including phenoxy) is 1. The third-order valence-corrected chi connectivity index (χ3v) is 3.25. The van der Waals surface area contributed by atoms with Crippen molar-refractivity contribution in [2.24, 2.45) is 0 Å². The fourth-order valence-corrected chi connectivity index (χ4v) is 1.93. The lowest BCUT2D eigenvalue weighted by atomic mass is 10.3. The summed E-state index contributed by atoms with van der Waals surface area (Å²) in [4.78, 5) is 11.7. The average molecular weight is 357 g/mol. The summed E-state index contributed by atoms with van der Waals surface area (Å²) in [5, 5.41) is 2.57. The van der Waals surface area contributed by atoms with Gasteiger partial charge in [0, 0.05) is 16.6 Å². The Kier molecular flexibility index (Phi) is 4.74. The molecule has 0 spiro atoms. The number of carbonyl (C=O) groups excluding carboxylic acids is 1. The highest BCUT2D eigenvalue weighted by molar-refractivity contribution is 9.10. The van der Waals surface area contributed by atoms with Crippen LogP contribution in [0, 0.1) is 11.6 Å². The number of hydrogen-bond donors (Lipinski definition) is 2. The van der Waals surface area contributed by atoms with Gasteiger partial charge in [-0.3, -0.25) is 4.79 Å². The van der Waals surface area contributed by atoms with Crippen LogP contribution in [0.3, 0.4) is 0 Å². The summed E-state index contributed by atoms with van der Waals surface area (Å²) in [5.74, 6) is -2.51. The normalized spacial score (nSPS) is 10.2. The molecule has 0 heterocycles. The molecule has 0 atom stereocenters. The first-order chi connectivity index (χ1) is 9.97. The van der Waals surface area contributed by atoms with Gasteiger partial charge in [-0.05, 0) is 28.1 Å². The minimum absolute atomic E-state index is 0.322. The number of amides is 1. The summed E-state index contributed by atoms with van der Waals surface area (Å²) in [6, 6.07) is 8.59. The van der Waals surface area contributed by atoms with Crippen LogP contribution in [0.1, 0.15) is 0 Å². The zero-order valence-corrected chi connectivity index (χ0v) is 12.3. The Morgan fingerprint density at radius 3 is 2.67 bits per heavy atom. The van der Waals surface area contributed by atoms with Crippen molar-refractivity contribution in [1.29, 1.82) is 0 Å². The molecule has 0 unspecified atom stereocenters. The quantitative estimate of drug-likeness (QED) is 0.825. The van der Waals surface area contributed by atoms with E-state index in [2.05, 4.69) is 21.2 Å². The molecular weight excluding hydrogens is 346 g/mol. The molecule has 2 aromatic rings. The predicted octanol–water partition coefficient (Wildman–Crippen LogP) is 3.33. The largest absolute Gasteiger partial charge is 0.481 e. The van der Waals surface area contributed by atoms with Crippen molar-refractivity contribution in [1.82, 2.24) is 0 Å². The lowest BCUT2D eigenvalue weighted by Gasteiger charge is -2.10. The standard InChI is InChI=1S/C14H11BrF2N2O2/c15-8-3-1-2-4-12(8)19-14(20)7-21-13-6-9(16)11(18)5-10(13)17/h1-6H,7,18H2,(H,19,20). The van der Waals surface area contributed by atoms with E-state index in [0.29, 0.717) is 10.2 Å². The first kappa shape index (κ1) is 15.2. The number of anilines is 2. The van der Waals surface area contributed by atoms with Gasteiger partial charge in [0.15, 0.2) is 18.2 Å². The van der Waals surface area contributed by atoms with Crippen molar-refractivity contribution < 1.29 is 18.3 Å². The smallest absolute Gasteiger partial charge is 0.262 e. The molecule has 0 saturated carbocycles. The monoisotopic (exact) mass is 356 g/mol. The van der Waals surface area contributed by atoms with Gasteiger partial charge in [-0.15, -0.1) is 0 Å². The third kappa shape index (κ3) is 3.91. The van der Waals surface area contributed by atoms with Crippen LogP contribution in [0.25, 0.3) is 0 Å². The molecule has 1 amide bonds. The van der Waals surface area contributed by atoms with Crippen LogP contribution in [0.2, 0.25) is 0 Å². The SMILES string of the molecule is Nc1cc(F)c(OCC(=O)Nc2ccccc2Br)cc1F. The van der Waals surface area contributed by atoms with Crippen LogP contribution in [0.5, 0.6) is 5.75 Å². The molecule has 4 nitrogen and oxygen atoms in total. The summed E-state index contributed by atoms with van der Waals surface area (Å²) in [6.45, 7) is -0.457. The van der Waals surface area contributed by atoms with Crippen molar-refractivity contribution in [3.8, 4) is 5.75 Å². The molecule has 0 aliphatic heterocycles. The number of hydrogen-bond acceptors (Lipinski definition) is 3. The van der Waals surface area contributed by atoms with E-state index < -0.39 is 24.1 Å². The Labute approximate surface area is 128 Å². The molecule has 0 aromatic heterocycles. The molecule has 21 heavy (non-hydrogen) atoms. The van der Waals surface area contributed by atoms with Gasteiger partial charge in [0.2, 0.25) is 0 Å². The lowest BCUT2D eigenvalue weighted by molar-refractivity contribution is -0.118. The number of carbonyl (C=O) groups is 1. The van der Waals surface area contributed by atoms with Gasteiger partial charge in [0.1, 0.15) is 5.82 Å². The maximum atomic E-state index is 13.5. The predicted molar refractivity (Wildman–Crippen MR) is 79.0 cm³/mol. The average Bonchev–Trinajstić information content (AvgIpc) is 2.44. The third-order valence-electron chi connectivity index (χ3n) is 2.56. The lowest BCUT2D eigenvalue weighted by Crippen LogP contribution is -2.20. The zero-order chi connectivity index (χ0) is 15.4. The van der Waals surface area contributed by atoms with E-state index in [9.17, 15) is 13.6 Å². The maximum Gasteiger partial charge on any atom is 0.262 e. The molecule has 3 N–H and O–H groups in total. The second-order valence-corrected chi connectivity index (χ2v) is 4.98. The van der Waals surface area contributed by atoms with Crippen molar-refractivity contribution in [2.45, 2.75) is 0 Å². The van der Waals surface area contributed by atoms with Crippen LogP contribution < -0.4 is 15.8 Å². The van der Waals surface area contributed by atoms with E-state index in [1.807, 2.05) is 0 Å². The number of benzene rings is 2. The number of nitrogens with two attached hydrogens (primary N) is 1. The van der Waals surface area contributed by atoms with Gasteiger partial charge in [-0.25, -0.2) is 8.78 Å². The highest BCUT2D eigenvalue weighted by Gasteiger charge is 2.11. The Morgan fingerprint density at radius 2 is 1.95 bits per heavy atom. The van der Waals surface area contributed by atoms with Crippen LogP contribution in [-0.2, 0) is 4.79 Å². The molecule has 0 saturated heterocycles. The van der Waals surface area contributed by atoms with Gasteiger partial charge in [-0.2, -0.15) is 0 Å². The highest BCUT2D eigenvalue weighted by Crippen LogP contribution is 2.23. The van der Waals surface area contributed by atoms with Gasteiger partial charge < -0.3 is 15.8 Å². The molecule has 0 aliphatic rings. The molecular formula is C14H11BrF2N2O2. The first-order valence-corrected chi connectivity index (χ1v) is 6.68. The molecule has 0 bridgehead atoms. The minimum Gasteiger partial charge on any atom is -0.481 e. The Balaban J connectivity index is 1.99. The number of para-hydroxylation sites is 1. The second kappa shape index (κ2) is 6.53. The molecule has 7 heteroatoms. The molecule has 0 fully saturated rings. The van der Waals surface area contributed by atoms with Gasteiger partial charge >= 0.3 is 0 Å². The van der Waals surface area contributed by atoms with Gasteiger partial charge in [-0.1, -0.05) is 12.1 Å². The summed E-state index contributed by atoms with van der Waals surface area (Å²) in [7, 11) is 0. The fraction of sp³-hybridized carbons (Fsp3) is 0.0714. The van der Waals surface area contributed by atoms with Crippen LogP contribution in [-0.4, -0.2) is 12.5 Å². The summed E-state index contributed by atoms with van der Waals surface area (Å²) < 4.78 is 32.3. The van der Waals surface area contributed by atoms with Crippen molar-refractivity contribution in [3.63, 3.8) is 0 Å². The van der Waals surface area contributed by atoms with Crippen molar-refractivity contribution in [2.75, 3.05) is 17.7 Å². The summed E-state index contributed by atoms with van der Waals surface area (Å²) in [5.41, 5.74) is 5.44. The fourth-order valence-electron chi connectivity index (χ4n) is 1.55. The second-order valence-electron chi connectivity index (χ2n) is 4.12. The minimum atomic E-state index is -0.831. The van der Waals surface area contributed by atoms with Gasteiger partial charge in [0.25, 0.3) is 5.91 Å². The maximum absolute atomic E-state index is 13.5. The van der Waals surface area contributed by atoms with E-state index in [-0.39, 0.29) is 11.4 Å². The Hall–Kier alpha value is -2.15. The topological polar surface area (TPSA) is 64.3 Å². The van der Waals surface area contributed by atoms with E-state index in [1.54, 1.807) is 24.3 Å². The zero-order valence-electron chi connectivity index (χ0n) is 10.7. The number of nitrogen functional groups attached to an aromatic ring is 1. The summed E-state index contributed by atoms with van der Waals surface area (Å²) in [6.07, 6.45) is 0. The van der Waals surface area contributed by atoms with Crippen LogP contribution >= 0.6 is 15.9 Å². The molecule has 110 valence electrons. The van der Waals surface area contributed by atoms with E-state index >= 15 is 0 Å². The number of halogens is 3. The molecule has 2 aromatic carbocycles. The highest BCUT2D eigenvalue weighted by atomic mass is 79.9. The molecule has 0 aliphatic carbocycles. The first-order valence-electron chi connectivity index (χ1n) is 5.89. The number of rotatable bonds is 4. The van der Waals surface area contributed by atoms with E-state index in [0.717, 1.165) is 12.1 Å². The van der Waals surface area contributed by atoms with Crippen molar-refractivity contribution in [3.05, 3.63) is 52.5 Å².